The minimum Gasteiger partial charge on any atom is -0.493 e. The van der Waals surface area contributed by atoms with Crippen molar-refractivity contribution in [3.63, 3.8) is 0 Å². The van der Waals surface area contributed by atoms with E-state index in [2.05, 4.69) is 10.6 Å². The Bertz CT molecular complexity index is 1470. The second-order valence-corrected chi connectivity index (χ2v) is 9.63. The molecule has 0 saturated carbocycles. The molecule has 0 amide bonds. The molecular formula is C31H32N2O7. The lowest BCUT2D eigenvalue weighted by molar-refractivity contribution is -0.132. The number of methoxy groups -OCH3 is 4. The summed E-state index contributed by atoms with van der Waals surface area (Å²) in [7, 11) is 6.24. The highest BCUT2D eigenvalue weighted by molar-refractivity contribution is 6.01. The smallest absolute Gasteiger partial charge is 0.308 e. The first kappa shape index (κ1) is 26.9. The van der Waals surface area contributed by atoms with Crippen LogP contribution < -0.4 is 34.3 Å². The van der Waals surface area contributed by atoms with Gasteiger partial charge >= 0.3 is 5.97 Å². The number of fused-ring (bicyclic) bond motifs is 1. The normalized spacial score (nSPS) is 17.9. The minimum atomic E-state index is -0.459. The number of carbonyl (C=O) groups is 2. The van der Waals surface area contributed by atoms with Crippen molar-refractivity contribution in [1.29, 1.82) is 0 Å². The zero-order valence-electron chi connectivity index (χ0n) is 23.1. The van der Waals surface area contributed by atoms with Gasteiger partial charge in [-0.05, 0) is 59.9 Å². The number of anilines is 2. The zero-order chi connectivity index (χ0) is 28.4. The summed E-state index contributed by atoms with van der Waals surface area (Å²) in [5, 5.41) is 7.11. The first-order valence-corrected chi connectivity index (χ1v) is 12.9. The maximum absolute atomic E-state index is 14.0. The Kier molecular flexibility index (Phi) is 7.55. The third-order valence-electron chi connectivity index (χ3n) is 7.24. The number of nitrogens with one attached hydrogen (secondary N) is 2. The molecule has 3 aromatic carbocycles. The van der Waals surface area contributed by atoms with Gasteiger partial charge in [-0.15, -0.1) is 0 Å². The SMILES string of the molecule is COc1cc(C2Nc3ccccc3NC3=C2C(=O)CC(c2cc(OC)c(OC)c(OC)c2)C3)ccc1OC(C)=O. The lowest BCUT2D eigenvalue weighted by Gasteiger charge is -2.30. The van der Waals surface area contributed by atoms with E-state index in [0.717, 1.165) is 28.2 Å². The van der Waals surface area contributed by atoms with Gasteiger partial charge in [0, 0.05) is 24.6 Å². The van der Waals surface area contributed by atoms with E-state index in [9.17, 15) is 9.59 Å². The number of para-hydroxylation sites is 2. The largest absolute Gasteiger partial charge is 0.493 e. The molecule has 0 bridgehead atoms. The van der Waals surface area contributed by atoms with Crippen molar-refractivity contribution in [2.24, 2.45) is 0 Å². The molecule has 3 aromatic rings. The molecule has 9 nitrogen and oxygen atoms in total. The molecule has 208 valence electrons. The van der Waals surface area contributed by atoms with Crippen molar-refractivity contribution >= 4 is 23.1 Å². The number of hydrogen-bond acceptors (Lipinski definition) is 9. The number of ether oxygens (including phenoxy) is 5. The van der Waals surface area contributed by atoms with E-state index in [1.807, 2.05) is 42.5 Å². The summed E-state index contributed by atoms with van der Waals surface area (Å²) in [6.45, 7) is 1.34. The summed E-state index contributed by atoms with van der Waals surface area (Å²) in [4.78, 5) is 25.5. The van der Waals surface area contributed by atoms with Crippen LogP contribution in [-0.4, -0.2) is 40.2 Å². The summed E-state index contributed by atoms with van der Waals surface area (Å²) < 4.78 is 27.5. The molecule has 9 heteroatoms. The fraction of sp³-hybridized carbons (Fsp3) is 0.290. The summed E-state index contributed by atoms with van der Waals surface area (Å²) in [6, 6.07) is 16.5. The second kappa shape index (κ2) is 11.2. The van der Waals surface area contributed by atoms with Crippen LogP contribution in [0.1, 0.15) is 42.9 Å². The Hall–Kier alpha value is -4.66. The van der Waals surface area contributed by atoms with Crippen LogP contribution in [0.4, 0.5) is 11.4 Å². The van der Waals surface area contributed by atoms with E-state index >= 15 is 0 Å². The maximum atomic E-state index is 14.0. The van der Waals surface area contributed by atoms with Crippen LogP contribution in [0.2, 0.25) is 0 Å². The average Bonchev–Trinajstić information content (AvgIpc) is 3.13. The van der Waals surface area contributed by atoms with Crippen LogP contribution in [0.5, 0.6) is 28.7 Å². The molecule has 1 aliphatic carbocycles. The number of esters is 1. The van der Waals surface area contributed by atoms with Crippen LogP contribution >= 0.6 is 0 Å². The van der Waals surface area contributed by atoms with Crippen molar-refractivity contribution < 1.29 is 33.3 Å². The molecule has 40 heavy (non-hydrogen) atoms. The Labute approximate surface area is 233 Å². The third kappa shape index (κ3) is 5.02. The second-order valence-electron chi connectivity index (χ2n) is 9.63. The average molecular weight is 545 g/mol. The number of ketones is 1. The van der Waals surface area contributed by atoms with Gasteiger partial charge in [-0.25, -0.2) is 0 Å². The topological polar surface area (TPSA) is 104 Å². The number of benzene rings is 3. The van der Waals surface area contributed by atoms with Gasteiger partial charge in [0.1, 0.15) is 0 Å². The molecule has 0 radical (unpaired) electrons. The molecule has 0 aromatic heterocycles. The van der Waals surface area contributed by atoms with Gasteiger partial charge in [0.25, 0.3) is 0 Å². The predicted molar refractivity (Wildman–Crippen MR) is 151 cm³/mol. The molecule has 2 atom stereocenters. The predicted octanol–water partition coefficient (Wildman–Crippen LogP) is 5.63. The van der Waals surface area contributed by atoms with Crippen molar-refractivity contribution in [1.82, 2.24) is 0 Å². The van der Waals surface area contributed by atoms with Gasteiger partial charge in [0.15, 0.2) is 28.8 Å². The Balaban J connectivity index is 1.59. The molecule has 1 aliphatic heterocycles. The Morgan fingerprint density at radius 3 is 2.05 bits per heavy atom. The number of carbonyl (C=O) groups excluding carboxylic acids is 2. The highest BCUT2D eigenvalue weighted by Crippen LogP contribution is 2.47. The number of rotatable bonds is 7. The molecule has 2 N–H and O–H groups in total. The van der Waals surface area contributed by atoms with E-state index in [0.29, 0.717) is 47.2 Å². The van der Waals surface area contributed by atoms with Crippen LogP contribution in [0, 0.1) is 0 Å². The third-order valence-corrected chi connectivity index (χ3v) is 7.24. The van der Waals surface area contributed by atoms with Gasteiger partial charge in [-0.3, -0.25) is 9.59 Å². The molecule has 5 rings (SSSR count). The molecule has 0 saturated heterocycles. The van der Waals surface area contributed by atoms with Gasteiger partial charge in [0.05, 0.1) is 45.9 Å². The van der Waals surface area contributed by atoms with Crippen molar-refractivity contribution in [2.45, 2.75) is 31.7 Å². The molecule has 1 heterocycles. The Morgan fingerprint density at radius 1 is 0.775 bits per heavy atom. The molecule has 0 fully saturated rings. The Morgan fingerprint density at radius 2 is 1.43 bits per heavy atom. The van der Waals surface area contributed by atoms with E-state index in [1.165, 1.54) is 14.0 Å². The lowest BCUT2D eigenvalue weighted by atomic mass is 9.78. The van der Waals surface area contributed by atoms with Gasteiger partial charge in [-0.2, -0.15) is 0 Å². The van der Waals surface area contributed by atoms with Crippen molar-refractivity contribution in [3.05, 3.63) is 77.0 Å². The number of allylic oxidation sites excluding steroid dienone is 1. The molecule has 2 aliphatic rings. The first-order chi connectivity index (χ1) is 19.4. The quantitative estimate of drug-likeness (QED) is 0.289. The van der Waals surface area contributed by atoms with Gasteiger partial charge < -0.3 is 34.3 Å². The summed E-state index contributed by atoms with van der Waals surface area (Å²) in [5.74, 6) is 1.78. The van der Waals surface area contributed by atoms with E-state index in [4.69, 9.17) is 23.7 Å². The summed E-state index contributed by atoms with van der Waals surface area (Å²) in [6.07, 6.45) is 0.894. The fourth-order valence-electron chi connectivity index (χ4n) is 5.42. The molecule has 2 unspecified atom stereocenters. The summed E-state index contributed by atoms with van der Waals surface area (Å²) >= 11 is 0. The van der Waals surface area contributed by atoms with E-state index in [1.54, 1.807) is 33.5 Å². The van der Waals surface area contributed by atoms with E-state index < -0.39 is 12.0 Å². The highest BCUT2D eigenvalue weighted by atomic mass is 16.6. The molecular weight excluding hydrogens is 512 g/mol. The van der Waals surface area contributed by atoms with Crippen LogP contribution in [0.3, 0.4) is 0 Å². The number of Topliss-reactive ketones (excluding diaryl/α,β-unsaturated/α-hetero) is 1. The minimum absolute atomic E-state index is 0.0147. The van der Waals surface area contributed by atoms with Crippen molar-refractivity contribution in [2.75, 3.05) is 39.1 Å². The zero-order valence-corrected chi connectivity index (χ0v) is 23.1. The lowest BCUT2D eigenvalue weighted by Crippen LogP contribution is -2.27. The standard InChI is InChI=1S/C31H32N2O7/c1-17(34)40-25-11-10-18(14-26(25)36-2)30-29-23(32-21-8-6-7-9-22(21)33-30)12-19(13-24(29)35)20-15-27(37-3)31(39-5)28(16-20)38-4/h6-11,14-16,19,30,32-33H,12-13H2,1-5H3. The van der Waals surface area contributed by atoms with Crippen LogP contribution in [0.25, 0.3) is 0 Å². The van der Waals surface area contributed by atoms with Gasteiger partial charge in [-0.1, -0.05) is 18.2 Å². The van der Waals surface area contributed by atoms with E-state index in [-0.39, 0.29) is 11.7 Å². The van der Waals surface area contributed by atoms with Crippen LogP contribution in [-0.2, 0) is 9.59 Å². The fourth-order valence-corrected chi connectivity index (χ4v) is 5.42. The maximum Gasteiger partial charge on any atom is 0.308 e. The number of hydrogen-bond donors (Lipinski definition) is 2. The van der Waals surface area contributed by atoms with Crippen molar-refractivity contribution in [3.8, 4) is 28.7 Å². The summed E-state index contributed by atoms with van der Waals surface area (Å²) in [5.41, 5.74) is 4.95. The molecule has 0 spiro atoms. The van der Waals surface area contributed by atoms with Crippen LogP contribution in [0.15, 0.2) is 65.9 Å². The highest BCUT2D eigenvalue weighted by Gasteiger charge is 2.37. The monoisotopic (exact) mass is 544 g/mol. The van der Waals surface area contributed by atoms with Gasteiger partial charge in [0.2, 0.25) is 5.75 Å². The first-order valence-electron chi connectivity index (χ1n) is 12.9.